The van der Waals surface area contributed by atoms with Crippen molar-refractivity contribution in [2.45, 2.75) is 16.2 Å². The van der Waals surface area contributed by atoms with E-state index in [1.54, 1.807) is 24.3 Å². The van der Waals surface area contributed by atoms with Gasteiger partial charge in [-0.2, -0.15) is 0 Å². The summed E-state index contributed by atoms with van der Waals surface area (Å²) in [6.45, 7) is 0.230. The van der Waals surface area contributed by atoms with Gasteiger partial charge in [-0.25, -0.2) is 17.3 Å². The van der Waals surface area contributed by atoms with Gasteiger partial charge in [0.1, 0.15) is 0 Å². The molecule has 0 aliphatic heterocycles. The number of hydrogen-bond acceptors (Lipinski definition) is 4. The lowest BCUT2D eigenvalue weighted by Gasteiger charge is -2.07. The van der Waals surface area contributed by atoms with Gasteiger partial charge in [0.15, 0.2) is 11.1 Å². The summed E-state index contributed by atoms with van der Waals surface area (Å²) in [5, 5.41) is 0. The molecule has 8 heteroatoms. The summed E-state index contributed by atoms with van der Waals surface area (Å²) in [6, 6.07) is 12.4. The maximum Gasteiger partial charge on any atom is 0.240 e. The van der Waals surface area contributed by atoms with Crippen LogP contribution in [-0.2, 0) is 27.5 Å². The van der Waals surface area contributed by atoms with Crippen molar-refractivity contribution < 1.29 is 17.2 Å². The molecule has 2 aromatic rings. The lowest BCUT2D eigenvalue weighted by molar-refractivity contribution is 0.564. The Morgan fingerprint density at radius 2 is 1.64 bits per heavy atom. The Morgan fingerprint density at radius 1 is 1.05 bits per heavy atom. The van der Waals surface area contributed by atoms with Crippen LogP contribution in [0.25, 0.3) is 0 Å². The molecule has 1 atom stereocenters. The molecule has 22 heavy (non-hydrogen) atoms. The van der Waals surface area contributed by atoms with Crippen LogP contribution < -0.4 is 10.5 Å². The zero-order chi connectivity index (χ0) is 16.2. The molecule has 0 spiro atoms. The first-order valence-electron chi connectivity index (χ1n) is 6.43. The molecule has 2 rings (SSSR count). The third-order valence-electron chi connectivity index (χ3n) is 3.02. The molecule has 0 aliphatic rings. The molecular weight excluding hydrogens is 324 g/mol. The van der Waals surface area contributed by atoms with Gasteiger partial charge in [-0.3, -0.25) is 0 Å². The molecule has 0 aromatic heterocycles. The van der Waals surface area contributed by atoms with Crippen LogP contribution in [0.5, 0.6) is 0 Å². The Kier molecular flexibility index (Phi) is 5.30. The van der Waals surface area contributed by atoms with E-state index in [0.29, 0.717) is 17.0 Å². The zero-order valence-corrected chi connectivity index (χ0v) is 13.2. The molecule has 0 aliphatic carbocycles. The Bertz CT molecular complexity index is 756. The molecule has 4 N–H and O–H groups in total. The fraction of sp³-hybridized carbons (Fsp3) is 0.143. The minimum atomic E-state index is -3.56. The number of benzene rings is 2. The molecule has 0 heterocycles. The van der Waals surface area contributed by atoms with Gasteiger partial charge in [0.2, 0.25) is 10.0 Å². The van der Waals surface area contributed by atoms with Gasteiger partial charge in [0.05, 0.1) is 9.79 Å². The molecule has 118 valence electrons. The summed E-state index contributed by atoms with van der Waals surface area (Å²) in [6.07, 6.45) is 0.479. The van der Waals surface area contributed by atoms with E-state index in [9.17, 15) is 12.6 Å². The predicted octanol–water partition coefficient (Wildman–Crippen LogP) is 1.37. The van der Waals surface area contributed by atoms with Crippen molar-refractivity contribution in [1.82, 2.24) is 4.72 Å². The normalized spacial score (nSPS) is 13.0. The number of rotatable bonds is 6. The summed E-state index contributed by atoms with van der Waals surface area (Å²) in [5.41, 5.74) is 6.89. The third-order valence-corrected chi connectivity index (χ3v) is 5.17. The number of nitrogen functional groups attached to an aromatic ring is 1. The van der Waals surface area contributed by atoms with Crippen LogP contribution in [-0.4, -0.2) is 23.7 Å². The van der Waals surface area contributed by atoms with E-state index in [-0.39, 0.29) is 11.4 Å². The highest BCUT2D eigenvalue weighted by Gasteiger charge is 2.12. The summed E-state index contributed by atoms with van der Waals surface area (Å²) >= 11 is -2.01. The zero-order valence-electron chi connectivity index (χ0n) is 11.6. The Hall–Kier alpha value is -1.74. The largest absolute Gasteiger partial charge is 0.399 e. The minimum absolute atomic E-state index is 0.160. The minimum Gasteiger partial charge on any atom is -0.399 e. The third kappa shape index (κ3) is 4.38. The van der Waals surface area contributed by atoms with Gasteiger partial charge in [-0.05, 0) is 48.4 Å². The molecule has 2 aromatic carbocycles. The fourth-order valence-corrected chi connectivity index (χ4v) is 3.23. The van der Waals surface area contributed by atoms with E-state index < -0.39 is 21.1 Å². The van der Waals surface area contributed by atoms with Gasteiger partial charge < -0.3 is 10.3 Å². The molecule has 1 unspecified atom stereocenters. The highest BCUT2D eigenvalue weighted by atomic mass is 32.2. The van der Waals surface area contributed by atoms with E-state index in [1.165, 1.54) is 24.3 Å². The van der Waals surface area contributed by atoms with Crippen LogP contribution in [0.15, 0.2) is 58.3 Å². The van der Waals surface area contributed by atoms with Crippen LogP contribution in [0.1, 0.15) is 5.56 Å². The number of nitrogens with two attached hydrogens (primary N) is 1. The Labute approximate surface area is 131 Å². The van der Waals surface area contributed by atoms with Crippen LogP contribution in [0.2, 0.25) is 0 Å². The second-order valence-electron chi connectivity index (χ2n) is 4.61. The molecule has 0 amide bonds. The van der Waals surface area contributed by atoms with E-state index in [1.807, 2.05) is 0 Å². The van der Waals surface area contributed by atoms with Crippen molar-refractivity contribution in [1.29, 1.82) is 0 Å². The summed E-state index contributed by atoms with van der Waals surface area (Å²) in [4.78, 5) is 0.471. The molecule has 0 radical (unpaired) electrons. The average Bonchev–Trinajstić information content (AvgIpc) is 2.48. The molecular formula is C14H16N2O4S2. The quantitative estimate of drug-likeness (QED) is 0.543. The predicted molar refractivity (Wildman–Crippen MR) is 85.2 cm³/mol. The highest BCUT2D eigenvalue weighted by Crippen LogP contribution is 2.12. The van der Waals surface area contributed by atoms with Crippen LogP contribution in [0.3, 0.4) is 0 Å². The average molecular weight is 340 g/mol. The standard InChI is InChI=1S/C14H16N2O4S2/c15-12-3-7-14(8-4-12)22(19,20)16-10-9-11-1-5-13(6-2-11)21(17)18/h1-8,16H,9-10,15H2,(H,17,18). The van der Waals surface area contributed by atoms with E-state index in [4.69, 9.17) is 10.3 Å². The maximum absolute atomic E-state index is 12.1. The van der Waals surface area contributed by atoms with Gasteiger partial charge >= 0.3 is 0 Å². The molecule has 0 bridgehead atoms. The van der Waals surface area contributed by atoms with E-state index in [0.717, 1.165) is 5.56 Å². The van der Waals surface area contributed by atoms with Crippen LogP contribution >= 0.6 is 0 Å². The Morgan fingerprint density at radius 3 is 2.18 bits per heavy atom. The molecule has 6 nitrogen and oxygen atoms in total. The van der Waals surface area contributed by atoms with Gasteiger partial charge in [-0.1, -0.05) is 12.1 Å². The fourth-order valence-electron chi connectivity index (χ4n) is 1.83. The highest BCUT2D eigenvalue weighted by molar-refractivity contribution is 7.89. The van der Waals surface area contributed by atoms with E-state index >= 15 is 0 Å². The maximum atomic E-state index is 12.1. The van der Waals surface area contributed by atoms with Crippen LogP contribution in [0.4, 0.5) is 5.69 Å². The summed E-state index contributed by atoms with van der Waals surface area (Å²) < 4.78 is 46.4. The SMILES string of the molecule is Nc1ccc(S(=O)(=O)NCCc2ccc(S(=O)O)cc2)cc1. The van der Waals surface area contributed by atoms with Crippen molar-refractivity contribution in [3.63, 3.8) is 0 Å². The summed E-state index contributed by atoms with van der Waals surface area (Å²) in [7, 11) is -3.56. The topological polar surface area (TPSA) is 109 Å². The van der Waals surface area contributed by atoms with Gasteiger partial charge in [0, 0.05) is 12.2 Å². The Balaban J connectivity index is 1.95. The number of sulfonamides is 1. The lowest BCUT2D eigenvalue weighted by atomic mass is 10.2. The van der Waals surface area contributed by atoms with Crippen molar-refractivity contribution in [3.05, 3.63) is 54.1 Å². The number of nitrogens with one attached hydrogen (secondary N) is 1. The molecule has 0 saturated heterocycles. The van der Waals surface area contributed by atoms with Crippen molar-refractivity contribution in [2.24, 2.45) is 0 Å². The van der Waals surface area contributed by atoms with Gasteiger partial charge in [-0.15, -0.1) is 0 Å². The lowest BCUT2D eigenvalue weighted by Crippen LogP contribution is -2.26. The van der Waals surface area contributed by atoms with Crippen molar-refractivity contribution >= 4 is 26.8 Å². The van der Waals surface area contributed by atoms with Crippen molar-refractivity contribution in [2.75, 3.05) is 12.3 Å². The number of anilines is 1. The first-order chi connectivity index (χ1) is 10.4. The molecule has 0 fully saturated rings. The monoisotopic (exact) mass is 340 g/mol. The van der Waals surface area contributed by atoms with Crippen LogP contribution in [0, 0.1) is 0 Å². The summed E-state index contributed by atoms with van der Waals surface area (Å²) in [5.74, 6) is 0. The van der Waals surface area contributed by atoms with Crippen molar-refractivity contribution in [3.8, 4) is 0 Å². The van der Waals surface area contributed by atoms with E-state index in [2.05, 4.69) is 4.72 Å². The number of hydrogen-bond donors (Lipinski definition) is 3. The van der Waals surface area contributed by atoms with Gasteiger partial charge in [0.25, 0.3) is 0 Å². The first-order valence-corrected chi connectivity index (χ1v) is 9.02. The second kappa shape index (κ2) is 7.01. The smallest absolute Gasteiger partial charge is 0.240 e. The first kappa shape index (κ1) is 16.6. The molecule has 0 saturated carbocycles. The second-order valence-corrected chi connectivity index (χ2v) is 7.35.